The predicted molar refractivity (Wildman–Crippen MR) is 89.8 cm³/mol. The molecule has 0 spiro atoms. The van der Waals surface area contributed by atoms with Crippen molar-refractivity contribution in [1.29, 1.82) is 0 Å². The second-order valence-electron chi connectivity index (χ2n) is 5.20. The second kappa shape index (κ2) is 7.68. The molecule has 0 aliphatic rings. The molecule has 0 heterocycles. The molecule has 0 fully saturated rings. The minimum atomic E-state index is -0.0857. The monoisotopic (exact) mass is 334 g/mol. The minimum Gasteiger partial charge on any atom is -0.504 e. The van der Waals surface area contributed by atoms with Crippen molar-refractivity contribution in [2.24, 2.45) is 0 Å². The molecule has 0 amide bonds. The number of aromatic hydroxyl groups is 2. The van der Waals surface area contributed by atoms with E-state index in [4.69, 9.17) is 18.9 Å². The maximum absolute atomic E-state index is 9.86. The highest BCUT2D eigenvalue weighted by molar-refractivity contribution is 5.54. The van der Waals surface area contributed by atoms with Crippen LogP contribution in [0, 0.1) is 0 Å². The Morgan fingerprint density at radius 1 is 0.625 bits per heavy atom. The summed E-state index contributed by atoms with van der Waals surface area (Å²) in [4.78, 5) is 0. The molecule has 2 aromatic rings. The highest BCUT2D eigenvalue weighted by Crippen LogP contribution is 2.39. The van der Waals surface area contributed by atoms with Gasteiger partial charge in [0.15, 0.2) is 23.0 Å². The van der Waals surface area contributed by atoms with Gasteiger partial charge in [-0.15, -0.1) is 0 Å². The van der Waals surface area contributed by atoms with Gasteiger partial charge in [0.25, 0.3) is 0 Å². The summed E-state index contributed by atoms with van der Waals surface area (Å²) in [6.45, 7) is 0. The molecule has 6 heteroatoms. The van der Waals surface area contributed by atoms with Crippen molar-refractivity contribution in [2.75, 3.05) is 28.4 Å². The lowest BCUT2D eigenvalue weighted by molar-refractivity contribution is 0.324. The average molecular weight is 334 g/mol. The summed E-state index contributed by atoms with van der Waals surface area (Å²) in [6.07, 6.45) is 1.28. The van der Waals surface area contributed by atoms with E-state index in [2.05, 4.69) is 0 Å². The van der Waals surface area contributed by atoms with Crippen LogP contribution in [0.25, 0.3) is 0 Å². The van der Waals surface area contributed by atoms with Crippen LogP contribution < -0.4 is 18.9 Å². The molecule has 0 unspecified atom stereocenters. The van der Waals surface area contributed by atoms with E-state index in [9.17, 15) is 10.2 Å². The number of benzene rings is 2. The van der Waals surface area contributed by atoms with E-state index in [-0.39, 0.29) is 17.2 Å². The van der Waals surface area contributed by atoms with Gasteiger partial charge in [-0.25, -0.2) is 0 Å². The van der Waals surface area contributed by atoms with Gasteiger partial charge in [-0.1, -0.05) is 0 Å². The number of hydrogen-bond acceptors (Lipinski definition) is 6. The Morgan fingerprint density at radius 2 is 1.04 bits per heavy atom. The Hall–Kier alpha value is -2.76. The second-order valence-corrected chi connectivity index (χ2v) is 5.20. The van der Waals surface area contributed by atoms with Gasteiger partial charge in [-0.3, -0.25) is 0 Å². The first-order valence-electron chi connectivity index (χ1n) is 7.41. The Kier molecular flexibility index (Phi) is 5.63. The predicted octanol–water partition coefficient (Wildman–Crippen LogP) is 2.92. The first kappa shape index (κ1) is 17.6. The van der Waals surface area contributed by atoms with Crippen molar-refractivity contribution in [2.45, 2.75) is 12.8 Å². The maximum Gasteiger partial charge on any atom is 0.203 e. The molecule has 0 bridgehead atoms. The minimum absolute atomic E-state index is 0.0755. The van der Waals surface area contributed by atoms with Crippen molar-refractivity contribution >= 4 is 0 Å². The number of phenols is 2. The molecule has 0 saturated heterocycles. The molecule has 2 aromatic carbocycles. The third-order valence-corrected chi connectivity index (χ3v) is 3.74. The summed E-state index contributed by atoms with van der Waals surface area (Å²) in [5.74, 6) is 1.63. The van der Waals surface area contributed by atoms with Gasteiger partial charge < -0.3 is 29.2 Å². The molecule has 2 N–H and O–H groups in total. The largest absolute Gasteiger partial charge is 0.504 e. The first-order valence-corrected chi connectivity index (χ1v) is 7.41. The van der Waals surface area contributed by atoms with Crippen LogP contribution in [-0.4, -0.2) is 38.7 Å². The summed E-state index contributed by atoms with van der Waals surface area (Å²) in [5.41, 5.74) is 1.78. The summed E-state index contributed by atoms with van der Waals surface area (Å²) >= 11 is 0. The zero-order valence-electron chi connectivity index (χ0n) is 14.3. The van der Waals surface area contributed by atoms with Gasteiger partial charge in [0.1, 0.15) is 0 Å². The van der Waals surface area contributed by atoms with Crippen LogP contribution in [0.3, 0.4) is 0 Å². The Balaban J connectivity index is 2.23. The standard InChI is InChI=1S/C18H22O6/c1-21-15-9-12(10-16(22-2)18(15)24-4)6-5-11-7-13(19)17(23-3)14(20)8-11/h7-10,19-20H,5-6H2,1-4H3. The fourth-order valence-corrected chi connectivity index (χ4v) is 2.58. The van der Waals surface area contributed by atoms with E-state index in [1.807, 2.05) is 12.1 Å². The molecule has 130 valence electrons. The number of hydrogen-bond donors (Lipinski definition) is 2. The van der Waals surface area contributed by atoms with Crippen LogP contribution in [0.5, 0.6) is 34.5 Å². The fourth-order valence-electron chi connectivity index (χ4n) is 2.58. The van der Waals surface area contributed by atoms with Crippen LogP contribution in [0.4, 0.5) is 0 Å². The third-order valence-electron chi connectivity index (χ3n) is 3.74. The SMILES string of the molecule is COc1cc(CCc2cc(O)c(OC)c(O)c2)cc(OC)c1OC. The van der Waals surface area contributed by atoms with E-state index >= 15 is 0 Å². The molecule has 6 nitrogen and oxygen atoms in total. The quantitative estimate of drug-likeness (QED) is 0.811. The van der Waals surface area contributed by atoms with E-state index < -0.39 is 0 Å². The number of ether oxygens (including phenoxy) is 4. The highest BCUT2D eigenvalue weighted by atomic mass is 16.5. The fraction of sp³-hybridized carbons (Fsp3) is 0.333. The van der Waals surface area contributed by atoms with Gasteiger partial charge in [0.2, 0.25) is 11.5 Å². The lowest BCUT2D eigenvalue weighted by Gasteiger charge is -2.14. The number of rotatable bonds is 7. The highest BCUT2D eigenvalue weighted by Gasteiger charge is 2.14. The molecular weight excluding hydrogens is 312 g/mol. The normalized spacial score (nSPS) is 10.3. The van der Waals surface area contributed by atoms with Crippen molar-refractivity contribution in [1.82, 2.24) is 0 Å². The number of phenolic OH excluding ortho intramolecular Hbond substituents is 2. The number of aryl methyl sites for hydroxylation is 2. The van der Waals surface area contributed by atoms with E-state index in [0.717, 1.165) is 11.1 Å². The molecule has 0 radical (unpaired) electrons. The topological polar surface area (TPSA) is 77.4 Å². The van der Waals surface area contributed by atoms with Gasteiger partial charge in [-0.2, -0.15) is 0 Å². The maximum atomic E-state index is 9.86. The zero-order valence-corrected chi connectivity index (χ0v) is 14.3. The molecule has 0 aromatic heterocycles. The summed E-state index contributed by atoms with van der Waals surface area (Å²) in [7, 11) is 6.09. The molecule has 0 atom stereocenters. The van der Waals surface area contributed by atoms with Crippen LogP contribution in [-0.2, 0) is 12.8 Å². The number of methoxy groups -OCH3 is 4. The van der Waals surface area contributed by atoms with Crippen LogP contribution >= 0.6 is 0 Å². The third kappa shape index (κ3) is 3.59. The Bertz CT molecular complexity index is 663. The Morgan fingerprint density at radius 3 is 1.42 bits per heavy atom. The molecule has 0 aliphatic heterocycles. The van der Waals surface area contributed by atoms with Crippen LogP contribution in [0.15, 0.2) is 24.3 Å². The van der Waals surface area contributed by atoms with Crippen LogP contribution in [0.2, 0.25) is 0 Å². The van der Waals surface area contributed by atoms with Crippen LogP contribution in [0.1, 0.15) is 11.1 Å². The average Bonchev–Trinajstić information content (AvgIpc) is 2.58. The van der Waals surface area contributed by atoms with Gasteiger partial charge >= 0.3 is 0 Å². The zero-order chi connectivity index (χ0) is 17.7. The molecule has 0 saturated carbocycles. The van der Waals surface area contributed by atoms with Crippen molar-refractivity contribution in [3.05, 3.63) is 35.4 Å². The lowest BCUT2D eigenvalue weighted by Crippen LogP contribution is -1.98. The first-order chi connectivity index (χ1) is 11.5. The smallest absolute Gasteiger partial charge is 0.203 e. The lowest BCUT2D eigenvalue weighted by atomic mass is 10.0. The van der Waals surface area contributed by atoms with E-state index in [1.165, 1.54) is 7.11 Å². The molecule has 2 rings (SSSR count). The van der Waals surface area contributed by atoms with Gasteiger partial charge in [0.05, 0.1) is 28.4 Å². The summed E-state index contributed by atoms with van der Waals surface area (Å²) in [6, 6.07) is 6.92. The van der Waals surface area contributed by atoms with Gasteiger partial charge in [-0.05, 0) is 48.2 Å². The van der Waals surface area contributed by atoms with E-state index in [0.29, 0.717) is 30.1 Å². The molecule has 24 heavy (non-hydrogen) atoms. The Labute approximate surface area is 141 Å². The molecule has 0 aliphatic carbocycles. The summed E-state index contributed by atoms with van der Waals surface area (Å²) in [5, 5.41) is 19.7. The van der Waals surface area contributed by atoms with Crippen molar-refractivity contribution in [3.8, 4) is 34.5 Å². The van der Waals surface area contributed by atoms with Gasteiger partial charge in [0, 0.05) is 0 Å². The van der Waals surface area contributed by atoms with Crippen molar-refractivity contribution in [3.63, 3.8) is 0 Å². The van der Waals surface area contributed by atoms with E-state index in [1.54, 1.807) is 33.5 Å². The van der Waals surface area contributed by atoms with Crippen molar-refractivity contribution < 1.29 is 29.2 Å². The molecular formula is C18H22O6. The summed E-state index contributed by atoms with van der Waals surface area (Å²) < 4.78 is 20.9.